The summed E-state index contributed by atoms with van der Waals surface area (Å²) in [6, 6.07) is 12.2. The van der Waals surface area contributed by atoms with Crippen LogP contribution in [0.1, 0.15) is 5.56 Å². The van der Waals surface area contributed by atoms with Gasteiger partial charge in [0.25, 0.3) is 0 Å². The van der Waals surface area contributed by atoms with Crippen LogP contribution in [0.2, 0.25) is 0 Å². The third-order valence-electron chi connectivity index (χ3n) is 2.64. The highest BCUT2D eigenvalue weighted by molar-refractivity contribution is 5.83. The van der Waals surface area contributed by atoms with Crippen LogP contribution in [0.15, 0.2) is 53.2 Å². The number of hydrogen-bond donors (Lipinski definition) is 0. The van der Waals surface area contributed by atoms with Gasteiger partial charge >= 0.3 is 0 Å². The lowest BCUT2D eigenvalue weighted by Crippen LogP contribution is -1.72. The quantitative estimate of drug-likeness (QED) is 0.609. The van der Waals surface area contributed by atoms with Crippen molar-refractivity contribution >= 4 is 11.0 Å². The molecule has 78 valence electrons. The van der Waals surface area contributed by atoms with Gasteiger partial charge < -0.3 is 4.42 Å². The Balaban J connectivity index is 2.19. The Kier molecular flexibility index (Phi) is 2.00. The standard InChI is InChI=1S/C14H11NO/c1-10-2-3-12-9-14(16-13(12)8-10)11-4-6-15-7-5-11/h2-9H,1H3. The highest BCUT2D eigenvalue weighted by atomic mass is 16.3. The van der Waals surface area contributed by atoms with Crippen molar-refractivity contribution in [2.45, 2.75) is 6.92 Å². The Morgan fingerprint density at radius 3 is 2.62 bits per heavy atom. The van der Waals surface area contributed by atoms with Crippen LogP contribution in [0.5, 0.6) is 0 Å². The van der Waals surface area contributed by atoms with Crippen LogP contribution in [0.25, 0.3) is 22.3 Å². The Labute approximate surface area is 93.5 Å². The third kappa shape index (κ3) is 1.48. The van der Waals surface area contributed by atoms with Crippen molar-refractivity contribution in [2.75, 3.05) is 0 Å². The minimum atomic E-state index is 0.892. The zero-order valence-electron chi connectivity index (χ0n) is 8.97. The Hall–Kier alpha value is -2.09. The van der Waals surface area contributed by atoms with Crippen molar-refractivity contribution in [1.82, 2.24) is 4.98 Å². The molecule has 0 spiro atoms. The van der Waals surface area contributed by atoms with Crippen molar-refractivity contribution in [1.29, 1.82) is 0 Å². The maximum atomic E-state index is 5.81. The van der Waals surface area contributed by atoms with Gasteiger partial charge in [-0.3, -0.25) is 4.98 Å². The average Bonchev–Trinajstić information content (AvgIpc) is 2.73. The number of benzene rings is 1. The van der Waals surface area contributed by atoms with Crippen LogP contribution in [0.4, 0.5) is 0 Å². The molecule has 0 atom stereocenters. The van der Waals surface area contributed by atoms with Gasteiger partial charge in [-0.2, -0.15) is 0 Å². The van der Waals surface area contributed by atoms with E-state index in [1.807, 2.05) is 12.1 Å². The fourth-order valence-electron chi connectivity index (χ4n) is 1.80. The molecule has 0 radical (unpaired) electrons. The number of rotatable bonds is 1. The van der Waals surface area contributed by atoms with Gasteiger partial charge in [0.1, 0.15) is 11.3 Å². The molecule has 1 aromatic carbocycles. The van der Waals surface area contributed by atoms with Gasteiger partial charge in [0.05, 0.1) is 0 Å². The molecule has 3 rings (SSSR count). The first-order valence-electron chi connectivity index (χ1n) is 5.23. The molecular weight excluding hydrogens is 198 g/mol. The monoisotopic (exact) mass is 209 g/mol. The molecule has 0 fully saturated rings. The van der Waals surface area contributed by atoms with Crippen molar-refractivity contribution in [2.24, 2.45) is 0 Å². The summed E-state index contributed by atoms with van der Waals surface area (Å²) in [6.45, 7) is 2.06. The average molecular weight is 209 g/mol. The zero-order valence-corrected chi connectivity index (χ0v) is 8.97. The van der Waals surface area contributed by atoms with E-state index in [-0.39, 0.29) is 0 Å². The molecule has 0 saturated heterocycles. The van der Waals surface area contributed by atoms with Gasteiger partial charge in [-0.1, -0.05) is 12.1 Å². The van der Waals surface area contributed by atoms with Crippen LogP contribution in [-0.4, -0.2) is 4.98 Å². The fourth-order valence-corrected chi connectivity index (χ4v) is 1.80. The lowest BCUT2D eigenvalue weighted by atomic mass is 10.1. The molecule has 2 aromatic heterocycles. The molecule has 2 heteroatoms. The molecule has 0 amide bonds. The number of hydrogen-bond acceptors (Lipinski definition) is 2. The summed E-state index contributed by atoms with van der Waals surface area (Å²) in [5.41, 5.74) is 3.21. The summed E-state index contributed by atoms with van der Waals surface area (Å²) in [4.78, 5) is 4.00. The first-order valence-corrected chi connectivity index (χ1v) is 5.23. The van der Waals surface area contributed by atoms with Gasteiger partial charge in [0, 0.05) is 23.3 Å². The highest BCUT2D eigenvalue weighted by Crippen LogP contribution is 2.27. The summed E-state index contributed by atoms with van der Waals surface area (Å²) >= 11 is 0. The van der Waals surface area contributed by atoms with Crippen molar-refractivity contribution in [3.05, 3.63) is 54.4 Å². The molecule has 0 bridgehead atoms. The normalized spacial score (nSPS) is 10.8. The zero-order chi connectivity index (χ0) is 11.0. The molecule has 16 heavy (non-hydrogen) atoms. The van der Waals surface area contributed by atoms with E-state index in [0.29, 0.717) is 0 Å². The molecular formula is C14H11NO. The van der Waals surface area contributed by atoms with E-state index in [1.54, 1.807) is 12.4 Å². The largest absolute Gasteiger partial charge is 0.456 e. The van der Waals surface area contributed by atoms with Gasteiger partial charge in [-0.15, -0.1) is 0 Å². The van der Waals surface area contributed by atoms with Crippen LogP contribution in [0, 0.1) is 6.92 Å². The Morgan fingerprint density at radius 2 is 1.81 bits per heavy atom. The molecule has 2 heterocycles. The Morgan fingerprint density at radius 1 is 1.00 bits per heavy atom. The van der Waals surface area contributed by atoms with Gasteiger partial charge in [0.15, 0.2) is 0 Å². The smallest absolute Gasteiger partial charge is 0.135 e. The van der Waals surface area contributed by atoms with E-state index in [1.165, 1.54) is 5.56 Å². The fraction of sp³-hybridized carbons (Fsp3) is 0.0714. The summed E-state index contributed by atoms with van der Waals surface area (Å²) in [5.74, 6) is 0.892. The summed E-state index contributed by atoms with van der Waals surface area (Å²) in [7, 11) is 0. The summed E-state index contributed by atoms with van der Waals surface area (Å²) in [5, 5.41) is 1.14. The van der Waals surface area contributed by atoms with E-state index in [9.17, 15) is 0 Å². The minimum absolute atomic E-state index is 0.892. The SMILES string of the molecule is Cc1ccc2cc(-c3ccncc3)oc2c1. The molecule has 2 nitrogen and oxygen atoms in total. The van der Waals surface area contributed by atoms with E-state index >= 15 is 0 Å². The van der Waals surface area contributed by atoms with E-state index < -0.39 is 0 Å². The predicted molar refractivity (Wildman–Crippen MR) is 64.2 cm³/mol. The van der Waals surface area contributed by atoms with E-state index in [4.69, 9.17) is 4.42 Å². The predicted octanol–water partition coefficient (Wildman–Crippen LogP) is 3.80. The topological polar surface area (TPSA) is 26.0 Å². The summed E-state index contributed by atoms with van der Waals surface area (Å²) < 4.78 is 5.81. The van der Waals surface area contributed by atoms with Gasteiger partial charge in [0.2, 0.25) is 0 Å². The number of pyridine rings is 1. The van der Waals surface area contributed by atoms with Crippen molar-refractivity contribution < 1.29 is 4.42 Å². The number of aromatic nitrogens is 1. The minimum Gasteiger partial charge on any atom is -0.456 e. The van der Waals surface area contributed by atoms with Crippen LogP contribution in [0.3, 0.4) is 0 Å². The first kappa shape index (κ1) is 9.16. The van der Waals surface area contributed by atoms with Crippen molar-refractivity contribution in [3.63, 3.8) is 0 Å². The van der Waals surface area contributed by atoms with E-state index in [2.05, 4.69) is 36.2 Å². The Bertz CT molecular complexity index is 626. The van der Waals surface area contributed by atoms with Crippen LogP contribution < -0.4 is 0 Å². The second-order valence-electron chi connectivity index (χ2n) is 3.89. The molecule has 0 aliphatic rings. The number of aryl methyl sites for hydroxylation is 1. The van der Waals surface area contributed by atoms with Crippen molar-refractivity contribution in [3.8, 4) is 11.3 Å². The number of nitrogens with zero attached hydrogens (tertiary/aromatic N) is 1. The molecule has 0 aliphatic heterocycles. The molecule has 3 aromatic rings. The highest BCUT2D eigenvalue weighted by Gasteiger charge is 2.05. The van der Waals surface area contributed by atoms with Crippen LogP contribution >= 0.6 is 0 Å². The third-order valence-corrected chi connectivity index (χ3v) is 2.64. The first-order chi connectivity index (χ1) is 7.83. The number of fused-ring (bicyclic) bond motifs is 1. The maximum Gasteiger partial charge on any atom is 0.135 e. The molecule has 0 saturated carbocycles. The lowest BCUT2D eigenvalue weighted by Gasteiger charge is -1.93. The van der Waals surface area contributed by atoms with Crippen LogP contribution in [-0.2, 0) is 0 Å². The maximum absolute atomic E-state index is 5.81. The number of furan rings is 1. The van der Waals surface area contributed by atoms with Gasteiger partial charge in [-0.25, -0.2) is 0 Å². The van der Waals surface area contributed by atoms with Gasteiger partial charge in [-0.05, 0) is 36.8 Å². The second kappa shape index (κ2) is 3.49. The lowest BCUT2D eigenvalue weighted by molar-refractivity contribution is 0.631. The second-order valence-corrected chi connectivity index (χ2v) is 3.89. The molecule has 0 aliphatic carbocycles. The molecule has 0 N–H and O–H groups in total. The molecule has 0 unspecified atom stereocenters. The van der Waals surface area contributed by atoms with E-state index in [0.717, 1.165) is 22.3 Å². The summed E-state index contributed by atoms with van der Waals surface area (Å²) in [6.07, 6.45) is 3.54.